The Kier molecular flexibility index (Phi) is 6.22. The second kappa shape index (κ2) is 9.04. The second-order valence-corrected chi connectivity index (χ2v) is 8.03. The third-order valence-electron chi connectivity index (χ3n) is 6.09. The average molecular weight is 416 g/mol. The Bertz CT molecular complexity index is 871. The smallest absolute Gasteiger partial charge is 0.260 e. The summed E-state index contributed by atoms with van der Waals surface area (Å²) in [5, 5.41) is 4.18. The Hall–Kier alpha value is -2.61. The molecular weight excluding hydrogens is 387 g/mol. The zero-order valence-electron chi connectivity index (χ0n) is 17.6. The number of amides is 1. The Morgan fingerprint density at radius 2 is 1.80 bits per heavy atom. The van der Waals surface area contributed by atoms with Crippen LogP contribution < -0.4 is 9.47 Å². The molecule has 0 aliphatic carbocycles. The van der Waals surface area contributed by atoms with E-state index in [1.165, 1.54) is 13.2 Å². The number of benzene rings is 1. The number of halogens is 1. The highest BCUT2D eigenvalue weighted by Gasteiger charge is 2.32. The maximum absolute atomic E-state index is 13.8. The molecule has 0 N–H and O–H groups in total. The van der Waals surface area contributed by atoms with E-state index in [0.717, 1.165) is 51.9 Å². The molecule has 7 nitrogen and oxygen atoms in total. The molecule has 2 aliphatic rings. The summed E-state index contributed by atoms with van der Waals surface area (Å²) >= 11 is 0. The zero-order chi connectivity index (χ0) is 21.1. The molecule has 2 fully saturated rings. The standard InChI is InChI=1S/C22H29FN4O3/c1-25-15-18(21(24-25)29-2)22(28)27-11-7-16(8-12-27)26-13-9-17(10-14-26)30-20-6-4-3-5-19(20)23/h3-6,15-17H,7-14H2,1-2H3. The minimum absolute atomic E-state index is 0.0182. The fraction of sp³-hybridized carbons (Fsp3) is 0.545. The lowest BCUT2D eigenvalue weighted by molar-refractivity contribution is 0.0415. The van der Waals surface area contributed by atoms with Crippen molar-refractivity contribution in [2.24, 2.45) is 7.05 Å². The van der Waals surface area contributed by atoms with E-state index in [-0.39, 0.29) is 17.8 Å². The molecule has 0 atom stereocenters. The van der Waals surface area contributed by atoms with Gasteiger partial charge in [0.15, 0.2) is 11.6 Å². The van der Waals surface area contributed by atoms with Crippen LogP contribution in [0.1, 0.15) is 36.0 Å². The molecule has 1 aromatic carbocycles. The number of likely N-dealkylation sites (tertiary alicyclic amines) is 2. The van der Waals surface area contributed by atoms with Gasteiger partial charge in [-0.15, -0.1) is 5.10 Å². The van der Waals surface area contributed by atoms with Gasteiger partial charge in [0.1, 0.15) is 11.7 Å². The number of carbonyl (C=O) groups excluding carboxylic acids is 1. The van der Waals surface area contributed by atoms with Crippen molar-refractivity contribution >= 4 is 5.91 Å². The fourth-order valence-corrected chi connectivity index (χ4v) is 4.45. The highest BCUT2D eigenvalue weighted by molar-refractivity contribution is 5.96. The first-order valence-electron chi connectivity index (χ1n) is 10.6. The van der Waals surface area contributed by atoms with Gasteiger partial charge in [-0.3, -0.25) is 14.4 Å². The first kappa shape index (κ1) is 20.7. The molecule has 0 radical (unpaired) electrons. The number of rotatable bonds is 5. The maximum Gasteiger partial charge on any atom is 0.260 e. The van der Waals surface area contributed by atoms with Crippen molar-refractivity contribution in [3.63, 3.8) is 0 Å². The molecule has 30 heavy (non-hydrogen) atoms. The van der Waals surface area contributed by atoms with Gasteiger partial charge in [-0.05, 0) is 37.8 Å². The van der Waals surface area contributed by atoms with E-state index in [0.29, 0.717) is 23.2 Å². The molecule has 0 spiro atoms. The van der Waals surface area contributed by atoms with Crippen LogP contribution in [0.5, 0.6) is 11.6 Å². The van der Waals surface area contributed by atoms with Gasteiger partial charge in [0.2, 0.25) is 5.88 Å². The van der Waals surface area contributed by atoms with E-state index in [9.17, 15) is 9.18 Å². The SMILES string of the molecule is COc1nn(C)cc1C(=O)N1CCC(N2CCC(Oc3ccccc3F)CC2)CC1. The van der Waals surface area contributed by atoms with Crippen LogP contribution in [0.25, 0.3) is 0 Å². The van der Waals surface area contributed by atoms with E-state index in [4.69, 9.17) is 9.47 Å². The van der Waals surface area contributed by atoms with Crippen LogP contribution in [0.2, 0.25) is 0 Å². The van der Waals surface area contributed by atoms with Crippen molar-refractivity contribution in [2.75, 3.05) is 33.3 Å². The molecule has 0 bridgehead atoms. The molecule has 4 rings (SSSR count). The molecule has 1 amide bonds. The highest BCUT2D eigenvalue weighted by Crippen LogP contribution is 2.26. The van der Waals surface area contributed by atoms with Crippen LogP contribution in [0.4, 0.5) is 4.39 Å². The van der Waals surface area contributed by atoms with Gasteiger partial charge in [0, 0.05) is 45.5 Å². The molecular formula is C22H29FN4O3. The molecule has 1 aromatic heterocycles. The normalized spacial score (nSPS) is 19.1. The first-order chi connectivity index (χ1) is 14.5. The molecule has 3 heterocycles. The summed E-state index contributed by atoms with van der Waals surface area (Å²) in [5.74, 6) is 0.396. The Morgan fingerprint density at radius 1 is 1.10 bits per heavy atom. The van der Waals surface area contributed by atoms with Crippen molar-refractivity contribution in [1.82, 2.24) is 19.6 Å². The first-order valence-corrected chi connectivity index (χ1v) is 10.6. The summed E-state index contributed by atoms with van der Waals surface area (Å²) in [5.41, 5.74) is 0.518. The van der Waals surface area contributed by atoms with Crippen LogP contribution >= 0.6 is 0 Å². The number of carbonyl (C=O) groups is 1. The molecule has 0 unspecified atom stereocenters. The number of hydrogen-bond donors (Lipinski definition) is 0. The summed E-state index contributed by atoms with van der Waals surface area (Å²) in [4.78, 5) is 17.2. The summed E-state index contributed by atoms with van der Waals surface area (Å²) in [6.07, 6.45) is 5.45. The number of aromatic nitrogens is 2. The van der Waals surface area contributed by atoms with Gasteiger partial charge in [-0.1, -0.05) is 12.1 Å². The van der Waals surface area contributed by atoms with Gasteiger partial charge in [-0.2, -0.15) is 0 Å². The lowest BCUT2D eigenvalue weighted by Gasteiger charge is -2.41. The zero-order valence-corrected chi connectivity index (χ0v) is 17.6. The van der Waals surface area contributed by atoms with E-state index in [1.807, 2.05) is 4.90 Å². The number of para-hydroxylation sites is 1. The Morgan fingerprint density at radius 3 is 2.47 bits per heavy atom. The summed E-state index contributed by atoms with van der Waals surface area (Å²) in [6.45, 7) is 3.34. The maximum atomic E-state index is 13.8. The summed E-state index contributed by atoms with van der Waals surface area (Å²) in [7, 11) is 3.32. The van der Waals surface area contributed by atoms with Gasteiger partial charge >= 0.3 is 0 Å². The Balaban J connectivity index is 1.26. The van der Waals surface area contributed by atoms with Crippen molar-refractivity contribution in [3.05, 3.63) is 41.8 Å². The van der Waals surface area contributed by atoms with E-state index < -0.39 is 0 Å². The van der Waals surface area contributed by atoms with Crippen molar-refractivity contribution in [2.45, 2.75) is 37.8 Å². The fourth-order valence-electron chi connectivity index (χ4n) is 4.45. The van der Waals surface area contributed by atoms with Crippen LogP contribution in [-0.2, 0) is 7.05 Å². The van der Waals surface area contributed by atoms with Crippen LogP contribution in [-0.4, -0.2) is 70.9 Å². The van der Waals surface area contributed by atoms with Gasteiger partial charge in [0.25, 0.3) is 5.91 Å². The van der Waals surface area contributed by atoms with Crippen molar-refractivity contribution < 1.29 is 18.7 Å². The van der Waals surface area contributed by atoms with Crippen molar-refractivity contribution in [1.29, 1.82) is 0 Å². The third kappa shape index (κ3) is 4.43. The van der Waals surface area contributed by atoms with Crippen molar-refractivity contribution in [3.8, 4) is 11.6 Å². The highest BCUT2D eigenvalue weighted by atomic mass is 19.1. The molecule has 2 aromatic rings. The van der Waals surface area contributed by atoms with Gasteiger partial charge in [-0.25, -0.2) is 4.39 Å². The van der Waals surface area contributed by atoms with Gasteiger partial charge < -0.3 is 14.4 Å². The van der Waals surface area contributed by atoms with E-state index >= 15 is 0 Å². The summed E-state index contributed by atoms with van der Waals surface area (Å²) in [6, 6.07) is 7.06. The quantitative estimate of drug-likeness (QED) is 0.750. The molecule has 2 aliphatic heterocycles. The molecule has 2 saturated heterocycles. The van der Waals surface area contributed by atoms with E-state index in [1.54, 1.807) is 36.1 Å². The molecule has 0 saturated carbocycles. The number of piperidine rings is 2. The number of aryl methyl sites for hydroxylation is 1. The van der Waals surface area contributed by atoms with E-state index in [2.05, 4.69) is 10.00 Å². The predicted octanol–water partition coefficient (Wildman–Crippen LogP) is 2.72. The second-order valence-electron chi connectivity index (χ2n) is 8.03. The van der Waals surface area contributed by atoms with Crippen LogP contribution in [0, 0.1) is 5.82 Å². The van der Waals surface area contributed by atoms with Gasteiger partial charge in [0.05, 0.1) is 7.11 Å². The number of methoxy groups -OCH3 is 1. The lowest BCUT2D eigenvalue weighted by atomic mass is 9.98. The van der Waals surface area contributed by atoms with Crippen LogP contribution in [0.15, 0.2) is 30.5 Å². The third-order valence-corrected chi connectivity index (χ3v) is 6.09. The largest absolute Gasteiger partial charge is 0.487 e. The number of hydrogen-bond acceptors (Lipinski definition) is 5. The molecule has 162 valence electrons. The number of nitrogens with zero attached hydrogens (tertiary/aromatic N) is 4. The average Bonchev–Trinajstić information content (AvgIpc) is 3.16. The minimum Gasteiger partial charge on any atom is -0.487 e. The predicted molar refractivity (Wildman–Crippen MR) is 110 cm³/mol. The topological polar surface area (TPSA) is 59.8 Å². The Labute approximate surface area is 176 Å². The monoisotopic (exact) mass is 416 g/mol. The lowest BCUT2D eigenvalue weighted by Crippen LogP contribution is -2.50. The number of ether oxygens (including phenoxy) is 2. The van der Waals surface area contributed by atoms with Crippen LogP contribution in [0.3, 0.4) is 0 Å². The minimum atomic E-state index is -0.304. The summed E-state index contributed by atoms with van der Waals surface area (Å²) < 4.78 is 26.5. The molecule has 8 heteroatoms.